The van der Waals surface area contributed by atoms with Crippen LogP contribution >= 0.6 is 0 Å². The normalized spacial score (nSPS) is 13.0. The smallest absolute Gasteiger partial charge is 0.244 e. The van der Waals surface area contributed by atoms with Gasteiger partial charge in [-0.05, 0) is 45.4 Å². The number of carbonyl (C=O) groups is 1. The van der Waals surface area contributed by atoms with E-state index in [9.17, 15) is 13.2 Å². The third-order valence-electron chi connectivity index (χ3n) is 2.76. The number of amides is 1. The molecule has 6 nitrogen and oxygen atoms in total. The van der Waals surface area contributed by atoms with E-state index in [4.69, 9.17) is 4.74 Å². The molecule has 0 aliphatic carbocycles. The van der Waals surface area contributed by atoms with Gasteiger partial charge >= 0.3 is 0 Å². The summed E-state index contributed by atoms with van der Waals surface area (Å²) in [6, 6.07) is 3.92. The summed E-state index contributed by atoms with van der Waals surface area (Å²) < 4.78 is 32.2. The molecule has 0 fully saturated rings. The number of aryl methyl sites for hydroxylation is 1. The molecule has 118 valence electrons. The lowest BCUT2D eigenvalue weighted by Gasteiger charge is -2.17. The lowest BCUT2D eigenvalue weighted by Crippen LogP contribution is -2.46. The number of nitrogens with one attached hydrogen (secondary N) is 2. The van der Waals surface area contributed by atoms with E-state index in [1.54, 1.807) is 19.1 Å². The van der Waals surface area contributed by atoms with Gasteiger partial charge in [0.05, 0.1) is 13.2 Å². The number of sulfonamides is 1. The summed E-state index contributed by atoms with van der Waals surface area (Å²) in [7, 11) is -2.44. The van der Waals surface area contributed by atoms with Crippen LogP contribution in [0.15, 0.2) is 23.1 Å². The fourth-order valence-corrected chi connectivity index (χ4v) is 3.21. The van der Waals surface area contributed by atoms with E-state index in [-0.39, 0.29) is 22.6 Å². The van der Waals surface area contributed by atoms with E-state index in [1.807, 2.05) is 13.8 Å². The van der Waals surface area contributed by atoms with Crippen molar-refractivity contribution < 1.29 is 17.9 Å². The van der Waals surface area contributed by atoms with Crippen molar-refractivity contribution in [2.45, 2.75) is 44.7 Å². The molecule has 1 rings (SSSR count). The summed E-state index contributed by atoms with van der Waals surface area (Å²) in [6.45, 7) is 6.90. The lowest BCUT2D eigenvalue weighted by molar-refractivity contribution is -0.122. The Balaban J connectivity index is 3.02. The van der Waals surface area contributed by atoms with E-state index in [1.165, 1.54) is 20.1 Å². The van der Waals surface area contributed by atoms with Gasteiger partial charge in [0.2, 0.25) is 15.9 Å². The van der Waals surface area contributed by atoms with Crippen molar-refractivity contribution in [1.29, 1.82) is 0 Å². The fourth-order valence-electron chi connectivity index (χ4n) is 1.75. The Bertz CT molecular complexity index is 611. The molecule has 0 saturated heterocycles. The summed E-state index contributed by atoms with van der Waals surface area (Å²) in [5.74, 6) is -0.134. The van der Waals surface area contributed by atoms with Crippen LogP contribution in [0.1, 0.15) is 26.3 Å². The van der Waals surface area contributed by atoms with Gasteiger partial charge in [-0.1, -0.05) is 6.07 Å². The minimum Gasteiger partial charge on any atom is -0.495 e. The van der Waals surface area contributed by atoms with Crippen molar-refractivity contribution in [2.24, 2.45) is 0 Å². The molecule has 1 amide bonds. The monoisotopic (exact) mass is 314 g/mol. The minimum absolute atomic E-state index is 0.0224. The van der Waals surface area contributed by atoms with Gasteiger partial charge in [-0.25, -0.2) is 8.42 Å². The number of rotatable bonds is 6. The molecule has 7 heteroatoms. The van der Waals surface area contributed by atoms with Gasteiger partial charge in [0.25, 0.3) is 0 Å². The molecule has 21 heavy (non-hydrogen) atoms. The highest BCUT2D eigenvalue weighted by Gasteiger charge is 2.25. The minimum atomic E-state index is -3.84. The van der Waals surface area contributed by atoms with Crippen molar-refractivity contribution in [1.82, 2.24) is 10.0 Å². The molecule has 1 atom stereocenters. The maximum absolute atomic E-state index is 12.4. The zero-order valence-corrected chi connectivity index (χ0v) is 13.7. The van der Waals surface area contributed by atoms with Crippen molar-refractivity contribution in [3.05, 3.63) is 23.8 Å². The second-order valence-corrected chi connectivity index (χ2v) is 6.84. The van der Waals surface area contributed by atoms with Crippen molar-refractivity contribution >= 4 is 15.9 Å². The zero-order valence-electron chi connectivity index (χ0n) is 12.9. The Morgan fingerprint density at radius 1 is 1.24 bits per heavy atom. The molecular formula is C14H22N2O4S. The number of hydrogen-bond donors (Lipinski definition) is 2. The highest BCUT2D eigenvalue weighted by molar-refractivity contribution is 7.89. The van der Waals surface area contributed by atoms with Gasteiger partial charge < -0.3 is 10.1 Å². The number of carbonyl (C=O) groups excluding carboxylic acids is 1. The molecule has 0 spiro atoms. The first-order valence-corrected chi connectivity index (χ1v) is 8.13. The van der Waals surface area contributed by atoms with E-state index in [0.717, 1.165) is 5.56 Å². The van der Waals surface area contributed by atoms with Gasteiger partial charge in [-0.2, -0.15) is 4.72 Å². The fraction of sp³-hybridized carbons (Fsp3) is 0.500. The zero-order chi connectivity index (χ0) is 16.2. The number of hydrogen-bond acceptors (Lipinski definition) is 4. The first kappa shape index (κ1) is 17.5. The standard InChI is InChI=1S/C14H22N2O4S/c1-9(2)15-14(17)11(4)16-21(18,19)13-8-10(3)6-7-12(13)20-5/h6-9,11,16H,1-5H3,(H,15,17)/t11-/m0/s1. The van der Waals surface area contributed by atoms with Crippen LogP contribution in [-0.2, 0) is 14.8 Å². The van der Waals surface area contributed by atoms with Crippen LogP contribution < -0.4 is 14.8 Å². The lowest BCUT2D eigenvalue weighted by atomic mass is 10.2. The van der Waals surface area contributed by atoms with Crippen molar-refractivity contribution in [3.8, 4) is 5.75 Å². The third-order valence-corrected chi connectivity index (χ3v) is 4.33. The molecule has 0 unspecified atom stereocenters. The summed E-state index contributed by atoms with van der Waals surface area (Å²) in [4.78, 5) is 11.8. The Hall–Kier alpha value is -1.60. The molecule has 2 N–H and O–H groups in total. The van der Waals surface area contributed by atoms with E-state index in [2.05, 4.69) is 10.0 Å². The highest BCUT2D eigenvalue weighted by Crippen LogP contribution is 2.24. The Labute approximate surface area is 125 Å². The van der Waals surface area contributed by atoms with Gasteiger partial charge in [0, 0.05) is 6.04 Å². The molecule has 0 aliphatic heterocycles. The van der Waals surface area contributed by atoms with Crippen LogP contribution in [0.25, 0.3) is 0 Å². The molecule has 0 bridgehead atoms. The van der Waals surface area contributed by atoms with Crippen molar-refractivity contribution in [3.63, 3.8) is 0 Å². The van der Waals surface area contributed by atoms with Crippen LogP contribution in [0, 0.1) is 6.92 Å². The quantitative estimate of drug-likeness (QED) is 0.826. The molecule has 0 aliphatic rings. The van der Waals surface area contributed by atoms with E-state index in [0.29, 0.717) is 0 Å². The molecule has 0 heterocycles. The maximum atomic E-state index is 12.4. The Morgan fingerprint density at radius 2 is 1.86 bits per heavy atom. The second-order valence-electron chi connectivity index (χ2n) is 5.16. The number of methoxy groups -OCH3 is 1. The number of benzene rings is 1. The van der Waals surface area contributed by atoms with Crippen LogP contribution in [-0.4, -0.2) is 33.5 Å². The summed E-state index contributed by atoms with van der Waals surface area (Å²) in [6.07, 6.45) is 0. The van der Waals surface area contributed by atoms with Crippen LogP contribution in [0.5, 0.6) is 5.75 Å². The Morgan fingerprint density at radius 3 is 2.38 bits per heavy atom. The molecule has 0 saturated carbocycles. The second kappa shape index (κ2) is 6.91. The highest BCUT2D eigenvalue weighted by atomic mass is 32.2. The first-order valence-electron chi connectivity index (χ1n) is 6.64. The van der Waals surface area contributed by atoms with Crippen LogP contribution in [0.3, 0.4) is 0 Å². The Kier molecular flexibility index (Phi) is 5.74. The average molecular weight is 314 g/mol. The first-order chi connectivity index (χ1) is 9.67. The summed E-state index contributed by atoms with van der Waals surface area (Å²) in [5, 5.41) is 2.66. The van der Waals surface area contributed by atoms with Gasteiger partial charge in [-0.3, -0.25) is 4.79 Å². The van der Waals surface area contributed by atoms with Crippen LogP contribution in [0.4, 0.5) is 0 Å². The maximum Gasteiger partial charge on any atom is 0.244 e. The van der Waals surface area contributed by atoms with Crippen LogP contribution in [0.2, 0.25) is 0 Å². The predicted molar refractivity (Wildman–Crippen MR) is 80.8 cm³/mol. The summed E-state index contributed by atoms with van der Waals surface area (Å²) in [5.41, 5.74) is 0.787. The molecule has 1 aromatic rings. The molecule has 0 aromatic heterocycles. The molecule has 0 radical (unpaired) electrons. The van der Waals surface area contributed by atoms with Gasteiger partial charge in [0.1, 0.15) is 10.6 Å². The SMILES string of the molecule is COc1ccc(C)cc1S(=O)(=O)N[C@@H](C)C(=O)NC(C)C. The van der Waals surface area contributed by atoms with Gasteiger partial charge in [-0.15, -0.1) is 0 Å². The van der Waals surface area contributed by atoms with Gasteiger partial charge in [0.15, 0.2) is 0 Å². The molecular weight excluding hydrogens is 292 g/mol. The van der Waals surface area contributed by atoms with E-state index < -0.39 is 16.1 Å². The largest absolute Gasteiger partial charge is 0.495 e. The number of ether oxygens (including phenoxy) is 1. The summed E-state index contributed by atoms with van der Waals surface area (Å²) >= 11 is 0. The van der Waals surface area contributed by atoms with E-state index >= 15 is 0 Å². The van der Waals surface area contributed by atoms with Crippen molar-refractivity contribution in [2.75, 3.05) is 7.11 Å². The predicted octanol–water partition coefficient (Wildman–Crippen LogP) is 1.20. The average Bonchev–Trinajstić information content (AvgIpc) is 2.37. The topological polar surface area (TPSA) is 84.5 Å². The third kappa shape index (κ3) is 4.71. The molecule has 1 aromatic carbocycles.